The molecule has 1 aliphatic heterocycles. The van der Waals surface area contributed by atoms with Gasteiger partial charge in [0.2, 0.25) is 5.91 Å². The summed E-state index contributed by atoms with van der Waals surface area (Å²) in [5.41, 5.74) is 1.13. The Morgan fingerprint density at radius 1 is 1.25 bits per heavy atom. The van der Waals surface area contributed by atoms with Crippen LogP contribution in [0.4, 0.5) is 0 Å². The second kappa shape index (κ2) is 6.83. The van der Waals surface area contributed by atoms with Crippen molar-refractivity contribution in [3.05, 3.63) is 30.1 Å². The SMILES string of the molecule is CN(Cc1ccccn1)[C@@H]1CCCN(C(=O)[C@@H]2C[C@@H]2C2CC2)CC1. The van der Waals surface area contributed by atoms with Gasteiger partial charge in [0.15, 0.2) is 0 Å². The van der Waals surface area contributed by atoms with Crippen molar-refractivity contribution in [1.29, 1.82) is 0 Å². The fourth-order valence-electron chi connectivity index (χ4n) is 4.39. The summed E-state index contributed by atoms with van der Waals surface area (Å²) >= 11 is 0. The van der Waals surface area contributed by atoms with Crippen LogP contribution < -0.4 is 0 Å². The minimum absolute atomic E-state index is 0.375. The molecule has 1 saturated heterocycles. The highest BCUT2D eigenvalue weighted by Crippen LogP contribution is 2.55. The summed E-state index contributed by atoms with van der Waals surface area (Å²) in [6.45, 7) is 2.79. The third-order valence-corrected chi connectivity index (χ3v) is 6.15. The first-order valence-corrected chi connectivity index (χ1v) is 9.61. The van der Waals surface area contributed by atoms with Gasteiger partial charge in [-0.05, 0) is 69.5 Å². The van der Waals surface area contributed by atoms with Crippen molar-refractivity contribution in [3.8, 4) is 0 Å². The number of aromatic nitrogens is 1. The lowest BCUT2D eigenvalue weighted by molar-refractivity contribution is -0.133. The molecule has 4 rings (SSSR count). The minimum atomic E-state index is 0.375. The number of rotatable bonds is 5. The number of nitrogens with zero attached hydrogens (tertiary/aromatic N) is 3. The Labute approximate surface area is 145 Å². The van der Waals surface area contributed by atoms with Gasteiger partial charge in [-0.15, -0.1) is 0 Å². The quantitative estimate of drug-likeness (QED) is 0.834. The van der Waals surface area contributed by atoms with Gasteiger partial charge in [-0.1, -0.05) is 6.07 Å². The van der Waals surface area contributed by atoms with E-state index < -0.39 is 0 Å². The number of hydrogen-bond acceptors (Lipinski definition) is 3. The molecular weight excluding hydrogens is 298 g/mol. The van der Waals surface area contributed by atoms with Crippen LogP contribution in [0.3, 0.4) is 0 Å². The van der Waals surface area contributed by atoms with Gasteiger partial charge in [0.25, 0.3) is 0 Å². The molecule has 1 amide bonds. The average molecular weight is 327 g/mol. The van der Waals surface area contributed by atoms with Crippen LogP contribution >= 0.6 is 0 Å². The van der Waals surface area contributed by atoms with Crippen LogP contribution in [0.2, 0.25) is 0 Å². The maximum absolute atomic E-state index is 12.7. The van der Waals surface area contributed by atoms with Crippen molar-refractivity contribution >= 4 is 5.91 Å². The van der Waals surface area contributed by atoms with Gasteiger partial charge >= 0.3 is 0 Å². The van der Waals surface area contributed by atoms with E-state index in [4.69, 9.17) is 0 Å². The first-order chi connectivity index (χ1) is 11.7. The molecule has 3 fully saturated rings. The van der Waals surface area contributed by atoms with E-state index in [1.165, 1.54) is 25.7 Å². The highest BCUT2D eigenvalue weighted by molar-refractivity contribution is 5.81. The highest BCUT2D eigenvalue weighted by Gasteiger charge is 2.52. The molecule has 0 spiro atoms. The molecule has 2 heterocycles. The summed E-state index contributed by atoms with van der Waals surface area (Å²) in [7, 11) is 2.20. The summed E-state index contributed by atoms with van der Waals surface area (Å²) in [6.07, 6.45) is 9.18. The average Bonchev–Trinajstić information content (AvgIpc) is 3.48. The summed E-state index contributed by atoms with van der Waals surface area (Å²) in [5, 5.41) is 0. The summed E-state index contributed by atoms with van der Waals surface area (Å²) in [6, 6.07) is 6.66. The number of pyridine rings is 1. The molecule has 130 valence electrons. The van der Waals surface area contributed by atoms with E-state index in [9.17, 15) is 4.79 Å². The lowest BCUT2D eigenvalue weighted by Gasteiger charge is -2.27. The van der Waals surface area contributed by atoms with Crippen LogP contribution in [0.25, 0.3) is 0 Å². The number of hydrogen-bond donors (Lipinski definition) is 0. The Morgan fingerprint density at radius 2 is 2.12 bits per heavy atom. The standard InChI is InChI=1S/C20H29N3O/c1-22(14-16-5-2-3-10-21-16)17-6-4-11-23(12-9-17)20(24)19-13-18(19)15-7-8-15/h2-3,5,10,15,17-19H,4,6-9,11-14H2,1H3/t17-,18-,19-/m1/s1. The molecule has 24 heavy (non-hydrogen) atoms. The molecule has 0 bridgehead atoms. The Bertz CT molecular complexity index is 572. The number of carbonyl (C=O) groups is 1. The highest BCUT2D eigenvalue weighted by atomic mass is 16.2. The zero-order chi connectivity index (χ0) is 16.5. The lowest BCUT2D eigenvalue weighted by atomic mass is 10.1. The van der Waals surface area contributed by atoms with Crippen LogP contribution in [0.15, 0.2) is 24.4 Å². The van der Waals surface area contributed by atoms with Gasteiger partial charge in [0.1, 0.15) is 0 Å². The molecule has 4 nitrogen and oxygen atoms in total. The molecule has 3 atom stereocenters. The Balaban J connectivity index is 1.28. The van der Waals surface area contributed by atoms with Gasteiger partial charge in [-0.25, -0.2) is 0 Å². The predicted molar refractivity (Wildman–Crippen MR) is 94.2 cm³/mol. The van der Waals surface area contributed by atoms with Gasteiger partial charge in [-0.3, -0.25) is 14.7 Å². The minimum Gasteiger partial charge on any atom is -0.342 e. The fourth-order valence-corrected chi connectivity index (χ4v) is 4.39. The summed E-state index contributed by atoms with van der Waals surface area (Å²) in [4.78, 5) is 21.7. The van der Waals surface area contributed by atoms with Crippen LogP contribution in [0.1, 0.15) is 44.2 Å². The van der Waals surface area contributed by atoms with Gasteiger partial charge < -0.3 is 4.90 Å². The molecule has 0 N–H and O–H groups in total. The van der Waals surface area contributed by atoms with E-state index in [0.717, 1.165) is 50.0 Å². The van der Waals surface area contributed by atoms with Crippen molar-refractivity contribution < 1.29 is 4.79 Å². The predicted octanol–water partition coefficient (Wildman–Crippen LogP) is 2.94. The largest absolute Gasteiger partial charge is 0.342 e. The zero-order valence-corrected chi connectivity index (χ0v) is 14.7. The van der Waals surface area contributed by atoms with Crippen LogP contribution in [-0.2, 0) is 11.3 Å². The molecule has 1 aromatic heterocycles. The van der Waals surface area contributed by atoms with Gasteiger partial charge in [-0.2, -0.15) is 0 Å². The summed E-state index contributed by atoms with van der Waals surface area (Å²) in [5.74, 6) is 2.46. The van der Waals surface area contributed by atoms with Crippen LogP contribution in [0, 0.1) is 17.8 Å². The van der Waals surface area contributed by atoms with Gasteiger partial charge in [0, 0.05) is 37.8 Å². The third kappa shape index (κ3) is 3.64. The molecule has 3 aliphatic rings. The molecular formula is C20H29N3O. The molecule has 2 aliphatic carbocycles. The van der Waals surface area contributed by atoms with Crippen LogP contribution in [-0.4, -0.2) is 46.9 Å². The van der Waals surface area contributed by atoms with Crippen molar-refractivity contribution in [2.45, 2.75) is 51.1 Å². The lowest BCUT2D eigenvalue weighted by Crippen LogP contribution is -2.36. The first-order valence-electron chi connectivity index (χ1n) is 9.61. The van der Waals surface area contributed by atoms with E-state index in [2.05, 4.69) is 34.0 Å². The fraction of sp³-hybridized carbons (Fsp3) is 0.700. The van der Waals surface area contributed by atoms with E-state index >= 15 is 0 Å². The molecule has 0 aromatic carbocycles. The maximum atomic E-state index is 12.7. The summed E-state index contributed by atoms with van der Waals surface area (Å²) < 4.78 is 0. The first kappa shape index (κ1) is 16.1. The van der Waals surface area contributed by atoms with Crippen molar-refractivity contribution in [3.63, 3.8) is 0 Å². The molecule has 2 saturated carbocycles. The Morgan fingerprint density at radius 3 is 2.88 bits per heavy atom. The maximum Gasteiger partial charge on any atom is 0.225 e. The monoisotopic (exact) mass is 327 g/mol. The number of carbonyl (C=O) groups excluding carboxylic acids is 1. The molecule has 4 heteroatoms. The van der Waals surface area contributed by atoms with E-state index in [0.29, 0.717) is 17.9 Å². The van der Waals surface area contributed by atoms with E-state index in [-0.39, 0.29) is 0 Å². The number of likely N-dealkylation sites (tertiary alicyclic amines) is 1. The van der Waals surface area contributed by atoms with Crippen molar-refractivity contribution in [2.75, 3.05) is 20.1 Å². The second-order valence-corrected chi connectivity index (χ2v) is 7.99. The molecule has 0 radical (unpaired) electrons. The second-order valence-electron chi connectivity index (χ2n) is 7.99. The zero-order valence-electron chi connectivity index (χ0n) is 14.7. The molecule has 1 aromatic rings. The van der Waals surface area contributed by atoms with Crippen LogP contribution in [0.5, 0.6) is 0 Å². The smallest absolute Gasteiger partial charge is 0.225 e. The van der Waals surface area contributed by atoms with Crippen molar-refractivity contribution in [2.24, 2.45) is 17.8 Å². The topological polar surface area (TPSA) is 36.4 Å². The van der Waals surface area contributed by atoms with E-state index in [1.807, 2.05) is 12.3 Å². The Hall–Kier alpha value is -1.42. The number of amides is 1. The Kier molecular flexibility index (Phi) is 4.57. The third-order valence-electron chi connectivity index (χ3n) is 6.15. The van der Waals surface area contributed by atoms with Gasteiger partial charge in [0.05, 0.1) is 5.69 Å². The normalized spacial score (nSPS) is 30.2. The van der Waals surface area contributed by atoms with Crippen molar-refractivity contribution in [1.82, 2.24) is 14.8 Å². The molecule has 0 unspecified atom stereocenters. The van der Waals surface area contributed by atoms with E-state index in [1.54, 1.807) is 0 Å².